The predicted octanol–water partition coefficient (Wildman–Crippen LogP) is 1.13. The third kappa shape index (κ3) is 5.17. The lowest BCUT2D eigenvalue weighted by molar-refractivity contribution is -0.113. The number of para-hydroxylation sites is 1. The Kier molecular flexibility index (Phi) is 5.23. The molecule has 0 heterocycles. The van der Waals surface area contributed by atoms with Gasteiger partial charge in [-0.2, -0.15) is 0 Å². The largest absolute Gasteiger partial charge is 0.492 e. The summed E-state index contributed by atoms with van der Waals surface area (Å²) in [4.78, 5) is 12.7. The molecule has 0 aliphatic rings. The molecule has 4 heteroatoms. The highest BCUT2D eigenvalue weighted by atomic mass is 16.5. The molecule has 92 valence electrons. The number of carbonyl (C=O) groups excluding carboxylic acids is 1. The van der Waals surface area contributed by atoms with Crippen molar-refractivity contribution in [3.8, 4) is 5.75 Å². The molecule has 0 bridgehead atoms. The number of likely N-dealkylation sites (N-methyl/N-ethyl adjacent to an activating group) is 1. The monoisotopic (exact) mass is 234 g/mol. The summed E-state index contributed by atoms with van der Waals surface area (Å²) in [6.07, 6.45) is 2.99. The average Bonchev–Trinajstić information content (AvgIpc) is 2.27. The number of ether oxygens (including phenoxy) is 1. The van der Waals surface area contributed by atoms with Crippen LogP contribution in [0.15, 0.2) is 30.3 Å². The van der Waals surface area contributed by atoms with Crippen LogP contribution in [0.4, 0.5) is 0 Å². The zero-order valence-electron chi connectivity index (χ0n) is 10.2. The summed E-state index contributed by atoms with van der Waals surface area (Å²) in [6.45, 7) is 1.45. The minimum atomic E-state index is -0.465. The molecule has 0 fully saturated rings. The van der Waals surface area contributed by atoms with E-state index in [1.54, 1.807) is 6.08 Å². The van der Waals surface area contributed by atoms with Crippen LogP contribution < -0.4 is 10.5 Å². The molecule has 0 saturated heterocycles. The van der Waals surface area contributed by atoms with Crippen molar-refractivity contribution in [2.75, 3.05) is 27.2 Å². The van der Waals surface area contributed by atoms with Gasteiger partial charge in [0.25, 0.3) is 0 Å². The van der Waals surface area contributed by atoms with Gasteiger partial charge in [0.2, 0.25) is 5.91 Å². The standard InChI is InChI=1S/C13H18N2O2/c1-15(2)9-10-17-12-6-4-3-5-11(12)7-8-13(14)16/h3-8H,9-10H2,1-2H3,(H2,14,16)/b8-7+. The van der Waals surface area contributed by atoms with Gasteiger partial charge >= 0.3 is 0 Å². The molecule has 2 N–H and O–H groups in total. The molecule has 0 aromatic heterocycles. The Balaban J connectivity index is 2.67. The Morgan fingerprint density at radius 1 is 1.41 bits per heavy atom. The third-order valence-corrected chi connectivity index (χ3v) is 2.14. The molecule has 17 heavy (non-hydrogen) atoms. The van der Waals surface area contributed by atoms with E-state index >= 15 is 0 Å². The van der Waals surface area contributed by atoms with Gasteiger partial charge in [-0.25, -0.2) is 0 Å². The molecule has 0 aliphatic heterocycles. The first kappa shape index (κ1) is 13.3. The first-order chi connectivity index (χ1) is 8.09. The molecule has 1 amide bonds. The summed E-state index contributed by atoms with van der Waals surface area (Å²) in [5, 5.41) is 0. The van der Waals surface area contributed by atoms with E-state index in [9.17, 15) is 4.79 Å². The fourth-order valence-electron chi connectivity index (χ4n) is 1.26. The second kappa shape index (κ2) is 6.70. The average molecular weight is 234 g/mol. The van der Waals surface area contributed by atoms with Crippen LogP contribution in [0.25, 0.3) is 6.08 Å². The van der Waals surface area contributed by atoms with Crippen molar-refractivity contribution < 1.29 is 9.53 Å². The highest BCUT2D eigenvalue weighted by Crippen LogP contribution is 2.19. The van der Waals surface area contributed by atoms with Crippen molar-refractivity contribution in [1.29, 1.82) is 0 Å². The van der Waals surface area contributed by atoms with E-state index in [1.807, 2.05) is 43.3 Å². The Hall–Kier alpha value is -1.81. The van der Waals surface area contributed by atoms with Crippen LogP contribution >= 0.6 is 0 Å². The van der Waals surface area contributed by atoms with Crippen LogP contribution in [0.3, 0.4) is 0 Å². The van der Waals surface area contributed by atoms with E-state index in [1.165, 1.54) is 6.08 Å². The number of hydrogen-bond acceptors (Lipinski definition) is 3. The molecule has 4 nitrogen and oxygen atoms in total. The number of rotatable bonds is 6. The SMILES string of the molecule is CN(C)CCOc1ccccc1/C=C/C(N)=O. The molecule has 0 radical (unpaired) electrons. The van der Waals surface area contributed by atoms with Crippen LogP contribution in [-0.4, -0.2) is 38.1 Å². The first-order valence-corrected chi connectivity index (χ1v) is 5.43. The van der Waals surface area contributed by atoms with Crippen LogP contribution in [0, 0.1) is 0 Å². The van der Waals surface area contributed by atoms with Crippen molar-refractivity contribution in [1.82, 2.24) is 4.90 Å². The second-order valence-electron chi connectivity index (χ2n) is 3.93. The minimum absolute atomic E-state index is 0.465. The number of primary amides is 1. The Labute approximate surface area is 102 Å². The molecule has 1 aromatic carbocycles. The zero-order valence-corrected chi connectivity index (χ0v) is 10.2. The zero-order chi connectivity index (χ0) is 12.7. The van der Waals surface area contributed by atoms with E-state index in [4.69, 9.17) is 10.5 Å². The van der Waals surface area contributed by atoms with Gasteiger partial charge < -0.3 is 15.4 Å². The van der Waals surface area contributed by atoms with Crippen LogP contribution in [0.1, 0.15) is 5.56 Å². The fourth-order valence-corrected chi connectivity index (χ4v) is 1.26. The van der Waals surface area contributed by atoms with Gasteiger partial charge in [-0.1, -0.05) is 18.2 Å². The molecule has 1 aromatic rings. The molecular formula is C13H18N2O2. The quantitative estimate of drug-likeness (QED) is 0.751. The number of hydrogen-bond donors (Lipinski definition) is 1. The smallest absolute Gasteiger partial charge is 0.241 e. The number of nitrogens with zero attached hydrogens (tertiary/aromatic N) is 1. The molecule has 0 saturated carbocycles. The highest BCUT2D eigenvalue weighted by Gasteiger charge is 2.00. The first-order valence-electron chi connectivity index (χ1n) is 5.43. The van der Waals surface area contributed by atoms with Crippen LogP contribution in [0.2, 0.25) is 0 Å². The van der Waals surface area contributed by atoms with Gasteiger partial charge in [-0.3, -0.25) is 4.79 Å². The number of benzene rings is 1. The van der Waals surface area contributed by atoms with Crippen molar-refractivity contribution in [3.05, 3.63) is 35.9 Å². The third-order valence-electron chi connectivity index (χ3n) is 2.14. The van der Waals surface area contributed by atoms with Crippen molar-refractivity contribution in [3.63, 3.8) is 0 Å². The van der Waals surface area contributed by atoms with Gasteiger partial charge in [-0.05, 0) is 26.2 Å². The number of amides is 1. The van der Waals surface area contributed by atoms with Gasteiger partial charge in [-0.15, -0.1) is 0 Å². The van der Waals surface area contributed by atoms with E-state index < -0.39 is 5.91 Å². The lowest BCUT2D eigenvalue weighted by Gasteiger charge is -2.12. The van der Waals surface area contributed by atoms with Gasteiger partial charge in [0.05, 0.1) is 0 Å². The molecule has 0 unspecified atom stereocenters. The minimum Gasteiger partial charge on any atom is -0.492 e. The highest BCUT2D eigenvalue weighted by molar-refractivity contribution is 5.90. The maximum atomic E-state index is 10.7. The van der Waals surface area contributed by atoms with Crippen molar-refractivity contribution >= 4 is 12.0 Å². The maximum Gasteiger partial charge on any atom is 0.241 e. The lowest BCUT2D eigenvalue weighted by atomic mass is 10.2. The number of carbonyl (C=O) groups is 1. The fraction of sp³-hybridized carbons (Fsp3) is 0.308. The Bertz CT molecular complexity index is 400. The summed E-state index contributed by atoms with van der Waals surface area (Å²) < 4.78 is 5.64. The summed E-state index contributed by atoms with van der Waals surface area (Å²) in [6, 6.07) is 7.53. The van der Waals surface area contributed by atoms with Crippen LogP contribution in [0.5, 0.6) is 5.75 Å². The van der Waals surface area contributed by atoms with Crippen molar-refractivity contribution in [2.24, 2.45) is 5.73 Å². The summed E-state index contributed by atoms with van der Waals surface area (Å²) >= 11 is 0. The van der Waals surface area contributed by atoms with E-state index in [2.05, 4.69) is 0 Å². The maximum absolute atomic E-state index is 10.7. The lowest BCUT2D eigenvalue weighted by Crippen LogP contribution is -2.19. The molecule has 0 spiro atoms. The molecule has 1 rings (SSSR count). The van der Waals surface area contributed by atoms with Crippen molar-refractivity contribution in [2.45, 2.75) is 0 Å². The molecule has 0 aliphatic carbocycles. The van der Waals surface area contributed by atoms with Crippen LogP contribution in [-0.2, 0) is 4.79 Å². The summed E-state index contributed by atoms with van der Waals surface area (Å²) in [5.41, 5.74) is 5.91. The Morgan fingerprint density at radius 3 is 2.76 bits per heavy atom. The van der Waals surface area contributed by atoms with E-state index in [0.29, 0.717) is 6.61 Å². The molecule has 0 atom stereocenters. The Morgan fingerprint density at radius 2 is 2.12 bits per heavy atom. The van der Waals surface area contributed by atoms with Gasteiger partial charge in [0, 0.05) is 18.2 Å². The predicted molar refractivity (Wildman–Crippen MR) is 68.7 cm³/mol. The van der Waals surface area contributed by atoms with Gasteiger partial charge in [0.1, 0.15) is 12.4 Å². The normalized spacial score (nSPS) is 11.0. The molecular weight excluding hydrogens is 216 g/mol. The van der Waals surface area contributed by atoms with Gasteiger partial charge in [0.15, 0.2) is 0 Å². The second-order valence-corrected chi connectivity index (χ2v) is 3.93. The van der Waals surface area contributed by atoms with E-state index in [0.717, 1.165) is 17.9 Å². The number of nitrogens with two attached hydrogens (primary N) is 1. The topological polar surface area (TPSA) is 55.6 Å². The summed E-state index contributed by atoms with van der Waals surface area (Å²) in [5.74, 6) is 0.292. The summed E-state index contributed by atoms with van der Waals surface area (Å²) in [7, 11) is 3.98. The van der Waals surface area contributed by atoms with E-state index in [-0.39, 0.29) is 0 Å².